The van der Waals surface area contributed by atoms with Crippen LogP contribution in [-0.2, 0) is 0 Å². The van der Waals surface area contributed by atoms with Crippen molar-refractivity contribution in [3.8, 4) is 12.1 Å². The van der Waals surface area contributed by atoms with E-state index in [4.69, 9.17) is 0 Å². The van der Waals surface area contributed by atoms with E-state index in [-0.39, 0.29) is 13.4 Å². The van der Waals surface area contributed by atoms with Gasteiger partial charge in [0.05, 0.1) is 46.0 Å². The third-order valence-corrected chi connectivity index (χ3v) is 13.1. The Labute approximate surface area is 340 Å². The van der Waals surface area contributed by atoms with E-state index in [9.17, 15) is 10.5 Å². The molecular formula is C52H38B2N4. The lowest BCUT2D eigenvalue weighted by Crippen LogP contribution is -2.62. The number of hydrogen-bond donors (Lipinski definition) is 0. The topological polar surface area (TPSA) is 54.1 Å². The monoisotopic (exact) mass is 740 g/mol. The summed E-state index contributed by atoms with van der Waals surface area (Å²) in [6.45, 7) is 13.0. The molecule has 0 saturated carbocycles. The lowest BCUT2D eigenvalue weighted by Gasteiger charge is -2.50. The summed E-state index contributed by atoms with van der Waals surface area (Å²) in [7, 11) is 0. The highest BCUT2D eigenvalue weighted by atomic mass is 15.3. The van der Waals surface area contributed by atoms with Crippen LogP contribution < -0.4 is 42.6 Å². The Morgan fingerprint density at radius 2 is 0.793 bits per heavy atom. The predicted molar refractivity (Wildman–Crippen MR) is 244 cm³/mol. The minimum Gasteiger partial charge on any atom is -0.307 e. The van der Waals surface area contributed by atoms with Crippen LogP contribution in [0, 0.1) is 64.2 Å². The summed E-state index contributed by atoms with van der Waals surface area (Å²) < 4.78 is 0. The number of rotatable bonds is 2. The minimum atomic E-state index is -0.127. The van der Waals surface area contributed by atoms with Crippen LogP contribution in [0.1, 0.15) is 44.5 Å². The van der Waals surface area contributed by atoms with Gasteiger partial charge in [-0.2, -0.15) is 10.5 Å². The van der Waals surface area contributed by atoms with Crippen LogP contribution >= 0.6 is 0 Å². The number of nitrogens with zero attached hydrogens (tertiary/aromatic N) is 4. The Morgan fingerprint density at radius 1 is 0.414 bits per heavy atom. The van der Waals surface area contributed by atoms with E-state index < -0.39 is 0 Å². The maximum Gasteiger partial charge on any atom is 0.248 e. The molecule has 272 valence electrons. The molecule has 4 nitrogen and oxygen atoms in total. The molecule has 8 aromatic rings. The summed E-state index contributed by atoms with van der Waals surface area (Å²) in [6.07, 6.45) is 0. The molecule has 0 fully saturated rings. The van der Waals surface area contributed by atoms with Gasteiger partial charge in [-0.1, -0.05) is 117 Å². The molecule has 3 aliphatic heterocycles. The maximum absolute atomic E-state index is 10.4. The molecule has 58 heavy (non-hydrogen) atoms. The van der Waals surface area contributed by atoms with Gasteiger partial charge in [0.15, 0.2) is 0 Å². The number of aryl methyl sites for hydroxylation is 6. The number of fused-ring (bicyclic) bond motifs is 10. The average molecular weight is 741 g/mol. The fourth-order valence-corrected chi connectivity index (χ4v) is 11.2. The summed E-state index contributed by atoms with van der Waals surface area (Å²) in [6, 6.07) is 49.2. The number of hydrogen-bond acceptors (Lipinski definition) is 4. The second-order valence-corrected chi connectivity index (χ2v) is 16.7. The Kier molecular flexibility index (Phi) is 7.23. The first-order valence-corrected chi connectivity index (χ1v) is 20.1. The molecule has 3 aliphatic rings. The zero-order valence-electron chi connectivity index (χ0n) is 33.5. The van der Waals surface area contributed by atoms with Crippen molar-refractivity contribution < 1.29 is 0 Å². The molecule has 0 saturated heterocycles. The van der Waals surface area contributed by atoms with Crippen LogP contribution in [0.15, 0.2) is 121 Å². The van der Waals surface area contributed by atoms with E-state index in [0.29, 0.717) is 11.1 Å². The minimum absolute atomic E-state index is 0.127. The van der Waals surface area contributed by atoms with E-state index in [0.717, 1.165) is 55.8 Å². The third-order valence-electron chi connectivity index (χ3n) is 13.1. The SMILES string of the molecule is Cc1cc(C)c(B2c3cc(C#N)ccc3N3c4cc5ccccc5c5c4N(c4ccc(C#N)cc4B5c4c(C)cc(C)cc4C)c4cc5ccccc5c2c43)c(C)c1. The summed E-state index contributed by atoms with van der Waals surface area (Å²) in [5, 5.41) is 25.6. The molecule has 0 N–H and O–H groups in total. The van der Waals surface area contributed by atoms with Crippen molar-refractivity contribution in [3.63, 3.8) is 0 Å². The van der Waals surface area contributed by atoms with Crippen molar-refractivity contribution in [2.75, 3.05) is 9.80 Å². The quantitative estimate of drug-likeness (QED) is 0.167. The van der Waals surface area contributed by atoms with Gasteiger partial charge in [-0.25, -0.2) is 0 Å². The normalized spacial score (nSPS) is 13.2. The fourth-order valence-electron chi connectivity index (χ4n) is 11.2. The van der Waals surface area contributed by atoms with Crippen molar-refractivity contribution in [1.82, 2.24) is 0 Å². The summed E-state index contributed by atoms with van der Waals surface area (Å²) >= 11 is 0. The van der Waals surface area contributed by atoms with Crippen molar-refractivity contribution in [2.24, 2.45) is 0 Å². The average Bonchev–Trinajstić information content (AvgIpc) is 3.21. The van der Waals surface area contributed by atoms with Gasteiger partial charge in [0.25, 0.3) is 0 Å². The Hall–Kier alpha value is -7.01. The maximum atomic E-state index is 10.4. The zero-order valence-corrected chi connectivity index (χ0v) is 33.5. The summed E-state index contributed by atoms with van der Waals surface area (Å²) in [4.78, 5) is 5.04. The lowest BCUT2D eigenvalue weighted by atomic mass is 9.32. The molecule has 0 spiro atoms. The molecule has 0 amide bonds. The molecule has 0 bridgehead atoms. The Bertz CT molecular complexity index is 2990. The van der Waals surface area contributed by atoms with Crippen LogP contribution in [0.3, 0.4) is 0 Å². The second kappa shape index (κ2) is 12.2. The highest BCUT2D eigenvalue weighted by molar-refractivity contribution is 7.01. The predicted octanol–water partition coefficient (Wildman–Crippen LogP) is 8.50. The molecule has 0 atom stereocenters. The molecular weight excluding hydrogens is 702 g/mol. The van der Waals surface area contributed by atoms with Crippen LogP contribution in [0.5, 0.6) is 0 Å². The highest BCUT2D eigenvalue weighted by Crippen LogP contribution is 2.56. The molecule has 3 heterocycles. The zero-order chi connectivity index (χ0) is 39.7. The van der Waals surface area contributed by atoms with Gasteiger partial charge >= 0.3 is 0 Å². The Balaban J connectivity index is 1.36. The Morgan fingerprint density at radius 3 is 1.17 bits per heavy atom. The molecule has 0 radical (unpaired) electrons. The van der Waals surface area contributed by atoms with Gasteiger partial charge in [-0.15, -0.1) is 0 Å². The highest BCUT2D eigenvalue weighted by Gasteiger charge is 2.48. The van der Waals surface area contributed by atoms with Gasteiger partial charge in [0, 0.05) is 11.4 Å². The number of anilines is 6. The van der Waals surface area contributed by atoms with E-state index in [1.807, 2.05) is 12.1 Å². The number of benzene rings is 8. The molecule has 6 heteroatoms. The molecule has 0 aromatic heterocycles. The molecule has 0 unspecified atom stereocenters. The summed E-state index contributed by atoms with van der Waals surface area (Å²) in [5.74, 6) is 0. The first kappa shape index (κ1) is 34.3. The summed E-state index contributed by atoms with van der Waals surface area (Å²) in [5.41, 5.74) is 22.8. The van der Waals surface area contributed by atoms with Crippen LogP contribution in [0.2, 0.25) is 0 Å². The fraction of sp³-hybridized carbons (Fsp3) is 0.115. The second-order valence-electron chi connectivity index (χ2n) is 16.7. The van der Waals surface area contributed by atoms with Crippen molar-refractivity contribution in [3.05, 3.63) is 166 Å². The molecule has 8 aromatic carbocycles. The third kappa shape index (κ3) is 4.58. The van der Waals surface area contributed by atoms with Crippen LogP contribution in [0.4, 0.5) is 34.1 Å². The van der Waals surface area contributed by atoms with Gasteiger partial charge in [-0.3, -0.25) is 0 Å². The van der Waals surface area contributed by atoms with Crippen molar-refractivity contribution >= 4 is 102 Å². The first-order valence-electron chi connectivity index (χ1n) is 20.1. The van der Waals surface area contributed by atoms with E-state index in [1.165, 1.54) is 66.0 Å². The van der Waals surface area contributed by atoms with Gasteiger partial charge < -0.3 is 9.80 Å². The molecule has 0 aliphatic carbocycles. The van der Waals surface area contributed by atoms with E-state index in [1.54, 1.807) is 0 Å². The van der Waals surface area contributed by atoms with Gasteiger partial charge in [0.1, 0.15) is 0 Å². The largest absolute Gasteiger partial charge is 0.307 e. The standard InChI is InChI=1S/C52H38B2N4/c1-29-19-31(3)47(32(4)20-29)53-41-23-35(27-55)15-17-43(41)57-46-26-38-12-8-10-14-40(38)50-52(46)58(45-25-37-11-7-9-13-39(37)49(53)51(45)57)44-18-16-36(28-56)24-42(44)54(50)48-33(5)21-30(2)22-34(48)6/h7-26H,1-6H3. The van der Waals surface area contributed by atoms with Gasteiger partial charge in [0.2, 0.25) is 13.4 Å². The lowest BCUT2D eigenvalue weighted by molar-refractivity contribution is 1.19. The smallest absolute Gasteiger partial charge is 0.248 e. The van der Waals surface area contributed by atoms with Gasteiger partial charge in [-0.05, 0) is 133 Å². The van der Waals surface area contributed by atoms with Crippen LogP contribution in [-0.4, -0.2) is 13.4 Å². The van der Waals surface area contributed by atoms with E-state index >= 15 is 0 Å². The van der Waals surface area contributed by atoms with Crippen molar-refractivity contribution in [1.29, 1.82) is 10.5 Å². The molecule has 11 rings (SSSR count). The number of nitriles is 2. The van der Waals surface area contributed by atoms with Crippen LogP contribution in [0.25, 0.3) is 21.5 Å². The first-order chi connectivity index (χ1) is 28.2. The van der Waals surface area contributed by atoms with Crippen molar-refractivity contribution in [2.45, 2.75) is 41.5 Å². The van der Waals surface area contributed by atoms with E-state index in [2.05, 4.69) is 173 Å².